The molecule has 0 saturated heterocycles. The summed E-state index contributed by atoms with van der Waals surface area (Å²) in [6.45, 7) is 1.95. The zero-order valence-corrected chi connectivity index (χ0v) is 21.7. The monoisotopic (exact) mass is 500 g/mol. The van der Waals surface area contributed by atoms with Gasteiger partial charge in [-0.2, -0.15) is 0 Å². The van der Waals surface area contributed by atoms with Crippen LogP contribution in [-0.2, 0) is 12.8 Å². The van der Waals surface area contributed by atoms with E-state index in [9.17, 15) is 0 Å². The van der Waals surface area contributed by atoms with Crippen LogP contribution in [0.3, 0.4) is 0 Å². The summed E-state index contributed by atoms with van der Waals surface area (Å²) in [5.41, 5.74) is 16.4. The van der Waals surface area contributed by atoms with Crippen LogP contribution >= 0.6 is 23.5 Å². The van der Waals surface area contributed by atoms with Gasteiger partial charge in [-0.25, -0.2) is 0 Å². The van der Waals surface area contributed by atoms with Crippen molar-refractivity contribution in [1.29, 1.82) is 0 Å². The second-order valence-electron chi connectivity index (χ2n) is 9.68. The molecule has 4 nitrogen and oxygen atoms in total. The Balaban J connectivity index is 0.000000136. The molecule has 0 radical (unpaired) electrons. The summed E-state index contributed by atoms with van der Waals surface area (Å²) in [5.74, 6) is 2.27. The van der Waals surface area contributed by atoms with Gasteiger partial charge >= 0.3 is 0 Å². The molecular formula is C29H32N4S2. The number of fused-ring (bicyclic) bond motifs is 2. The molecule has 1 fully saturated rings. The Bertz CT molecular complexity index is 1250. The number of hydrogen-bond donors (Lipinski definition) is 2. The number of hydrogen-bond acceptors (Lipinski definition) is 6. The molecule has 0 atom stereocenters. The van der Waals surface area contributed by atoms with Gasteiger partial charge in [-0.3, -0.25) is 9.98 Å². The standard InChI is InChI=1S/C17H20N2S.C12H12N2S/c1-2-6-14(5-1)19-16-7-3-4-12-10-13(11-15(12)16)17-18-8-9-20-17;13-11-3-1-2-8-6-9(7-10(8)11)12-14-4-5-15-12/h3-4,7,10,14,19H,1-2,5-6,8-9,11H2;1-3,6H,4-5,7,13H2. The van der Waals surface area contributed by atoms with Gasteiger partial charge in [-0.15, -0.1) is 23.5 Å². The van der Waals surface area contributed by atoms with Crippen LogP contribution in [0.5, 0.6) is 0 Å². The molecule has 6 heteroatoms. The average molecular weight is 501 g/mol. The second kappa shape index (κ2) is 10.3. The van der Waals surface area contributed by atoms with Gasteiger partial charge in [0.05, 0.1) is 10.1 Å². The predicted molar refractivity (Wildman–Crippen MR) is 156 cm³/mol. The van der Waals surface area contributed by atoms with Gasteiger partial charge in [0.1, 0.15) is 0 Å². The van der Waals surface area contributed by atoms with Crippen LogP contribution in [-0.4, -0.2) is 40.7 Å². The average Bonchev–Trinajstić information content (AvgIpc) is 3.68. The van der Waals surface area contributed by atoms with Crippen LogP contribution in [0.25, 0.3) is 12.2 Å². The number of nitrogens with two attached hydrogens (primary N) is 1. The maximum Gasteiger partial charge on any atom is 0.0940 e. The van der Waals surface area contributed by atoms with E-state index in [0.717, 1.165) is 43.1 Å². The number of thioether (sulfide) groups is 2. The number of rotatable bonds is 4. The van der Waals surface area contributed by atoms with Crippen molar-refractivity contribution in [2.45, 2.75) is 44.6 Å². The molecule has 3 N–H and O–H groups in total. The van der Waals surface area contributed by atoms with E-state index in [-0.39, 0.29) is 0 Å². The minimum absolute atomic E-state index is 0.684. The minimum atomic E-state index is 0.684. The van der Waals surface area contributed by atoms with E-state index in [1.54, 1.807) is 0 Å². The Labute approximate surface area is 216 Å². The number of nitrogens with one attached hydrogen (secondary N) is 1. The first kappa shape index (κ1) is 23.0. The van der Waals surface area contributed by atoms with E-state index in [1.165, 1.54) is 74.9 Å². The van der Waals surface area contributed by atoms with Crippen molar-refractivity contribution in [3.8, 4) is 0 Å². The molecule has 1 saturated carbocycles. The topological polar surface area (TPSA) is 62.8 Å². The number of aliphatic imine (C=N–C) groups is 2. The summed E-state index contributed by atoms with van der Waals surface area (Å²) >= 11 is 3.77. The second-order valence-corrected chi connectivity index (χ2v) is 11.8. The van der Waals surface area contributed by atoms with Gasteiger partial charge in [0.2, 0.25) is 0 Å². The molecule has 2 aromatic rings. The smallest absolute Gasteiger partial charge is 0.0940 e. The van der Waals surface area contributed by atoms with E-state index in [1.807, 2.05) is 35.7 Å². The van der Waals surface area contributed by atoms with Crippen molar-refractivity contribution >= 4 is 57.1 Å². The molecule has 2 aromatic carbocycles. The molecule has 35 heavy (non-hydrogen) atoms. The summed E-state index contributed by atoms with van der Waals surface area (Å²) < 4.78 is 0. The lowest BCUT2D eigenvalue weighted by atomic mass is 10.1. The summed E-state index contributed by atoms with van der Waals surface area (Å²) in [6.07, 6.45) is 12.0. The third kappa shape index (κ3) is 4.96. The van der Waals surface area contributed by atoms with Gasteiger partial charge in [0, 0.05) is 54.9 Å². The molecule has 0 unspecified atom stereocenters. The normalized spacial score (nSPS) is 20.5. The summed E-state index contributed by atoms with van der Waals surface area (Å²) in [5, 5.41) is 6.26. The molecule has 5 aliphatic rings. The number of nitrogen functional groups attached to an aromatic ring is 1. The quantitative estimate of drug-likeness (QED) is 0.472. The SMILES string of the molecule is C1=C(C2=NCCS2)Cc2c1cccc2NC1CCCC1.Nc1cccc2c1CC(C1=NCCS1)=C2. The van der Waals surface area contributed by atoms with Crippen LogP contribution in [0.15, 0.2) is 57.5 Å². The zero-order chi connectivity index (χ0) is 23.6. The van der Waals surface area contributed by atoms with Gasteiger partial charge in [0.15, 0.2) is 0 Å². The summed E-state index contributed by atoms with van der Waals surface area (Å²) in [4.78, 5) is 9.13. The van der Waals surface area contributed by atoms with Crippen molar-refractivity contribution in [1.82, 2.24) is 0 Å². The lowest BCUT2D eigenvalue weighted by Crippen LogP contribution is -2.15. The van der Waals surface area contributed by atoms with Crippen molar-refractivity contribution in [2.75, 3.05) is 35.6 Å². The molecule has 7 rings (SSSR count). The molecule has 2 heterocycles. The van der Waals surface area contributed by atoms with Gasteiger partial charge in [-0.05, 0) is 70.5 Å². The fourth-order valence-electron chi connectivity index (χ4n) is 5.52. The highest BCUT2D eigenvalue weighted by Crippen LogP contribution is 2.36. The lowest BCUT2D eigenvalue weighted by molar-refractivity contribution is 0.754. The van der Waals surface area contributed by atoms with Crippen LogP contribution in [0, 0.1) is 0 Å². The Morgan fingerprint density at radius 3 is 1.97 bits per heavy atom. The Hall–Kier alpha value is -2.44. The zero-order valence-electron chi connectivity index (χ0n) is 20.1. The Morgan fingerprint density at radius 1 is 0.771 bits per heavy atom. The number of anilines is 2. The van der Waals surface area contributed by atoms with Crippen molar-refractivity contribution in [2.24, 2.45) is 9.98 Å². The molecule has 0 bridgehead atoms. The maximum atomic E-state index is 5.95. The van der Waals surface area contributed by atoms with E-state index < -0.39 is 0 Å². The minimum Gasteiger partial charge on any atom is -0.398 e. The van der Waals surface area contributed by atoms with Gasteiger partial charge < -0.3 is 11.1 Å². The number of nitrogens with zero attached hydrogens (tertiary/aromatic N) is 2. The largest absolute Gasteiger partial charge is 0.398 e. The first-order valence-corrected chi connectivity index (χ1v) is 14.7. The molecule has 0 aromatic heterocycles. The first-order chi connectivity index (χ1) is 17.2. The highest BCUT2D eigenvalue weighted by atomic mass is 32.2. The van der Waals surface area contributed by atoms with Crippen molar-refractivity contribution in [3.05, 3.63) is 69.8 Å². The van der Waals surface area contributed by atoms with Gasteiger partial charge in [-0.1, -0.05) is 37.1 Å². The van der Waals surface area contributed by atoms with Crippen molar-refractivity contribution < 1.29 is 0 Å². The number of benzene rings is 2. The third-order valence-electron chi connectivity index (χ3n) is 7.29. The molecular weight excluding hydrogens is 468 g/mol. The Kier molecular flexibility index (Phi) is 6.75. The molecule has 0 amide bonds. The molecule has 180 valence electrons. The third-order valence-corrected chi connectivity index (χ3v) is 9.39. The first-order valence-electron chi connectivity index (χ1n) is 12.8. The highest BCUT2D eigenvalue weighted by molar-refractivity contribution is 8.15. The van der Waals surface area contributed by atoms with Crippen LogP contribution in [0.4, 0.5) is 11.4 Å². The fourth-order valence-corrected chi connectivity index (χ4v) is 7.27. The van der Waals surface area contributed by atoms with Crippen LogP contribution < -0.4 is 11.1 Å². The van der Waals surface area contributed by atoms with E-state index in [2.05, 4.69) is 51.7 Å². The van der Waals surface area contributed by atoms with Crippen LogP contribution in [0.2, 0.25) is 0 Å². The lowest BCUT2D eigenvalue weighted by Gasteiger charge is -2.17. The Morgan fingerprint density at radius 2 is 1.37 bits per heavy atom. The van der Waals surface area contributed by atoms with Gasteiger partial charge in [0.25, 0.3) is 0 Å². The molecule has 0 spiro atoms. The fraction of sp³-hybridized carbons (Fsp3) is 0.379. The predicted octanol–water partition coefficient (Wildman–Crippen LogP) is 6.48. The summed E-state index contributed by atoms with van der Waals surface area (Å²) in [6, 6.07) is 13.5. The molecule has 2 aliphatic heterocycles. The molecule has 3 aliphatic carbocycles. The maximum absolute atomic E-state index is 5.95. The highest BCUT2D eigenvalue weighted by Gasteiger charge is 2.23. The summed E-state index contributed by atoms with van der Waals surface area (Å²) in [7, 11) is 0. The van der Waals surface area contributed by atoms with Crippen LogP contribution in [0.1, 0.15) is 47.9 Å². The van der Waals surface area contributed by atoms with Crippen molar-refractivity contribution in [3.63, 3.8) is 0 Å². The van der Waals surface area contributed by atoms with E-state index in [0.29, 0.717) is 6.04 Å². The van der Waals surface area contributed by atoms with E-state index in [4.69, 9.17) is 5.73 Å². The van der Waals surface area contributed by atoms with E-state index >= 15 is 0 Å².